The van der Waals surface area contributed by atoms with Gasteiger partial charge in [0.2, 0.25) is 0 Å². The van der Waals surface area contributed by atoms with Gasteiger partial charge in [-0.15, -0.1) is 11.3 Å². The summed E-state index contributed by atoms with van der Waals surface area (Å²) >= 11 is 0.861. The number of fused-ring (bicyclic) bond motifs is 1. The van der Waals surface area contributed by atoms with E-state index in [2.05, 4.69) is 15.3 Å². The molecular formula is C29H23N3O9S. The molecule has 0 saturated heterocycles. The molecule has 4 aromatic heterocycles. The summed E-state index contributed by atoms with van der Waals surface area (Å²) in [7, 11) is 1.18. The van der Waals surface area contributed by atoms with E-state index in [4.69, 9.17) is 23.0 Å². The predicted molar refractivity (Wildman–Crippen MR) is 150 cm³/mol. The number of nitrogens with one attached hydrogen (secondary N) is 1. The molecule has 214 valence electrons. The molecule has 0 aliphatic rings. The van der Waals surface area contributed by atoms with E-state index in [0.29, 0.717) is 39.5 Å². The molecule has 0 radical (unpaired) electrons. The smallest absolute Gasteiger partial charge is 0.348 e. The first-order chi connectivity index (χ1) is 20.3. The van der Waals surface area contributed by atoms with Gasteiger partial charge in [-0.1, -0.05) is 0 Å². The van der Waals surface area contributed by atoms with E-state index in [1.54, 1.807) is 44.2 Å². The summed E-state index contributed by atoms with van der Waals surface area (Å²) in [6.07, 6.45) is 3.03. The fourth-order valence-electron chi connectivity index (χ4n) is 4.07. The third-order valence-corrected chi connectivity index (χ3v) is 7.18. The molecule has 0 unspecified atom stereocenters. The Balaban J connectivity index is 1.34. The van der Waals surface area contributed by atoms with Gasteiger partial charge >= 0.3 is 17.9 Å². The average Bonchev–Trinajstić information content (AvgIpc) is 3.77. The third-order valence-electron chi connectivity index (χ3n) is 5.99. The number of nitrogens with zero attached hydrogens (tertiary/aromatic N) is 2. The summed E-state index contributed by atoms with van der Waals surface area (Å²) in [5, 5.41) is 2.59. The van der Waals surface area contributed by atoms with Crippen LogP contribution in [0.3, 0.4) is 0 Å². The van der Waals surface area contributed by atoms with E-state index >= 15 is 0 Å². The quantitative estimate of drug-likeness (QED) is 0.176. The summed E-state index contributed by atoms with van der Waals surface area (Å²) in [5.74, 6) is -1.94. The van der Waals surface area contributed by atoms with Crippen molar-refractivity contribution in [1.82, 2.24) is 9.97 Å². The van der Waals surface area contributed by atoms with Crippen molar-refractivity contribution in [2.24, 2.45) is 0 Å². The molecule has 5 aromatic rings. The number of furan rings is 2. The number of hydrogen-bond donors (Lipinski definition) is 1. The van der Waals surface area contributed by atoms with E-state index in [9.17, 15) is 19.2 Å². The molecule has 12 nitrogen and oxygen atoms in total. The van der Waals surface area contributed by atoms with Gasteiger partial charge < -0.3 is 28.4 Å². The lowest BCUT2D eigenvalue weighted by molar-refractivity contribution is -0.119. The highest BCUT2D eigenvalue weighted by molar-refractivity contribution is 7.18. The number of aromatic nitrogens is 2. The molecule has 5 rings (SSSR count). The van der Waals surface area contributed by atoms with Crippen molar-refractivity contribution < 1.29 is 42.2 Å². The summed E-state index contributed by atoms with van der Waals surface area (Å²) in [5.41, 5.74) is 2.22. The average molecular weight is 590 g/mol. The zero-order valence-electron chi connectivity index (χ0n) is 22.6. The van der Waals surface area contributed by atoms with Gasteiger partial charge in [-0.25, -0.2) is 24.4 Å². The van der Waals surface area contributed by atoms with Crippen LogP contribution in [-0.4, -0.2) is 54.1 Å². The van der Waals surface area contributed by atoms with Gasteiger partial charge in [-0.3, -0.25) is 4.79 Å². The van der Waals surface area contributed by atoms with E-state index in [1.807, 2.05) is 0 Å². The monoisotopic (exact) mass is 589 g/mol. The SMILES string of the molecule is CCOC(=O)c1sc(NC(=O)COC(=O)c2ccc3nc(-c4ccco4)c(-c4ccco4)nc3c2)c(C(=O)OC)c1C. The highest BCUT2D eigenvalue weighted by Crippen LogP contribution is 2.34. The summed E-state index contributed by atoms with van der Waals surface area (Å²) in [6, 6.07) is 11.5. The van der Waals surface area contributed by atoms with Crippen LogP contribution in [-0.2, 0) is 19.0 Å². The van der Waals surface area contributed by atoms with Crippen LogP contribution in [0.25, 0.3) is 33.9 Å². The number of methoxy groups -OCH3 is 1. The van der Waals surface area contributed by atoms with Gasteiger partial charge in [0.05, 0.1) is 48.4 Å². The second kappa shape index (κ2) is 12.1. The number of ether oxygens (including phenoxy) is 3. The van der Waals surface area contributed by atoms with E-state index in [0.717, 1.165) is 11.3 Å². The highest BCUT2D eigenvalue weighted by atomic mass is 32.1. The number of carbonyl (C=O) groups is 4. The van der Waals surface area contributed by atoms with Gasteiger partial charge in [0.1, 0.15) is 21.3 Å². The molecule has 1 aromatic carbocycles. The van der Waals surface area contributed by atoms with Crippen LogP contribution in [0.1, 0.15) is 42.9 Å². The van der Waals surface area contributed by atoms with Crippen LogP contribution in [0.4, 0.5) is 5.00 Å². The van der Waals surface area contributed by atoms with Crippen LogP contribution < -0.4 is 5.32 Å². The number of benzene rings is 1. The van der Waals surface area contributed by atoms with Crippen molar-refractivity contribution in [3.8, 4) is 22.9 Å². The molecule has 42 heavy (non-hydrogen) atoms. The Morgan fingerprint density at radius 2 is 1.55 bits per heavy atom. The van der Waals surface area contributed by atoms with Gasteiger partial charge in [0.25, 0.3) is 5.91 Å². The largest absolute Gasteiger partial charge is 0.465 e. The molecule has 0 aliphatic heterocycles. The van der Waals surface area contributed by atoms with Crippen LogP contribution in [0.15, 0.2) is 63.8 Å². The number of esters is 3. The maximum atomic E-state index is 12.8. The Morgan fingerprint density at radius 1 is 0.881 bits per heavy atom. The maximum Gasteiger partial charge on any atom is 0.348 e. The minimum Gasteiger partial charge on any atom is -0.465 e. The van der Waals surface area contributed by atoms with Crippen LogP contribution in [0.2, 0.25) is 0 Å². The van der Waals surface area contributed by atoms with Gasteiger partial charge in [0, 0.05) is 0 Å². The second-order valence-corrected chi connectivity index (χ2v) is 9.70. The first kappa shape index (κ1) is 28.2. The number of thiophene rings is 1. The Hall–Kier alpha value is -5.30. The summed E-state index contributed by atoms with van der Waals surface area (Å²) in [6.45, 7) is 2.67. The molecule has 0 atom stereocenters. The highest BCUT2D eigenvalue weighted by Gasteiger charge is 2.27. The van der Waals surface area contributed by atoms with Crippen molar-refractivity contribution >= 4 is 51.2 Å². The van der Waals surface area contributed by atoms with Crippen molar-refractivity contribution in [2.45, 2.75) is 13.8 Å². The second-order valence-electron chi connectivity index (χ2n) is 8.68. The fraction of sp³-hybridized carbons (Fsp3) is 0.172. The molecule has 0 saturated carbocycles. The van der Waals surface area contributed by atoms with Crippen LogP contribution in [0.5, 0.6) is 0 Å². The zero-order valence-corrected chi connectivity index (χ0v) is 23.4. The fourth-order valence-corrected chi connectivity index (χ4v) is 5.17. The Kier molecular flexibility index (Phi) is 8.11. The van der Waals surface area contributed by atoms with Crippen LogP contribution in [0, 0.1) is 6.92 Å². The summed E-state index contributed by atoms with van der Waals surface area (Å²) in [4.78, 5) is 59.6. The molecule has 13 heteroatoms. The predicted octanol–water partition coefficient (Wildman–Crippen LogP) is 5.28. The normalized spacial score (nSPS) is 10.8. The number of amides is 1. The first-order valence-corrected chi connectivity index (χ1v) is 13.4. The Morgan fingerprint density at radius 3 is 2.14 bits per heavy atom. The lowest BCUT2D eigenvalue weighted by atomic mass is 10.1. The molecule has 0 spiro atoms. The maximum absolute atomic E-state index is 12.8. The molecule has 0 fully saturated rings. The lowest BCUT2D eigenvalue weighted by Gasteiger charge is -2.09. The number of hydrogen-bond acceptors (Lipinski definition) is 12. The van der Waals surface area contributed by atoms with Gasteiger partial charge in [-0.2, -0.15) is 0 Å². The molecule has 0 aliphatic carbocycles. The molecule has 1 amide bonds. The molecular weight excluding hydrogens is 566 g/mol. The lowest BCUT2D eigenvalue weighted by Crippen LogP contribution is -2.21. The zero-order chi connectivity index (χ0) is 29.8. The Labute approximate surface area is 242 Å². The van der Waals surface area contributed by atoms with Gasteiger partial charge in [-0.05, 0) is 61.9 Å². The summed E-state index contributed by atoms with van der Waals surface area (Å²) < 4.78 is 26.1. The topological polar surface area (TPSA) is 160 Å². The molecule has 1 N–H and O–H groups in total. The van der Waals surface area contributed by atoms with Crippen molar-refractivity contribution in [3.63, 3.8) is 0 Å². The van der Waals surface area contributed by atoms with E-state index in [-0.39, 0.29) is 27.6 Å². The van der Waals surface area contributed by atoms with Crippen LogP contribution >= 0.6 is 11.3 Å². The van der Waals surface area contributed by atoms with Gasteiger partial charge in [0.15, 0.2) is 18.1 Å². The minimum absolute atomic E-state index is 0.0135. The number of rotatable bonds is 9. The first-order valence-electron chi connectivity index (χ1n) is 12.6. The van der Waals surface area contributed by atoms with Crippen molar-refractivity contribution in [2.75, 3.05) is 25.6 Å². The van der Waals surface area contributed by atoms with Crippen molar-refractivity contribution in [3.05, 3.63) is 76.6 Å². The molecule has 4 heterocycles. The Bertz CT molecular complexity index is 1790. The minimum atomic E-state index is -0.786. The van der Waals surface area contributed by atoms with Crippen molar-refractivity contribution in [1.29, 1.82) is 0 Å². The number of carbonyl (C=O) groups excluding carboxylic acids is 4. The van der Waals surface area contributed by atoms with E-state index in [1.165, 1.54) is 31.8 Å². The molecule has 0 bridgehead atoms. The standard InChI is InChI=1S/C29H23N3O9S/c1-4-38-29(36)25-15(2)22(28(35)37-3)26(42-25)32-21(33)14-41-27(34)16-9-10-17-18(13-16)31-24(20-8-6-12-40-20)23(30-17)19-7-5-11-39-19/h5-13H,4,14H2,1-3H3,(H,32,33). The number of anilines is 1. The van der Waals surface area contributed by atoms with E-state index < -0.39 is 30.4 Å². The third kappa shape index (κ3) is 5.63.